The average Bonchev–Trinajstić information content (AvgIpc) is 2.89. The van der Waals surface area contributed by atoms with Gasteiger partial charge in [0.15, 0.2) is 29.1 Å². The van der Waals surface area contributed by atoms with Crippen LogP contribution in [0.2, 0.25) is 0 Å². The zero-order chi connectivity index (χ0) is 29.2. The molecular formula is C30H28F8. The van der Waals surface area contributed by atoms with E-state index in [1.807, 2.05) is 27.7 Å². The van der Waals surface area contributed by atoms with E-state index in [0.29, 0.717) is 17.2 Å². The summed E-state index contributed by atoms with van der Waals surface area (Å²) < 4.78 is 106. The van der Waals surface area contributed by atoms with E-state index in [9.17, 15) is 35.1 Å². The number of halogens is 8. The minimum atomic E-state index is -1.59. The van der Waals surface area contributed by atoms with Crippen LogP contribution in [0.3, 0.4) is 0 Å². The van der Waals surface area contributed by atoms with Gasteiger partial charge in [-0.05, 0) is 55.3 Å². The van der Waals surface area contributed by atoms with Gasteiger partial charge in [-0.3, -0.25) is 0 Å². The summed E-state index contributed by atoms with van der Waals surface area (Å²) in [5.74, 6) is -9.19. The highest BCUT2D eigenvalue weighted by molar-refractivity contribution is 5.66. The monoisotopic (exact) mass is 540 g/mol. The van der Waals surface area contributed by atoms with E-state index >= 15 is 0 Å². The molecule has 4 aromatic carbocycles. The topological polar surface area (TPSA) is 0 Å². The Kier molecular flexibility index (Phi) is 12.7. The van der Waals surface area contributed by atoms with Crippen LogP contribution in [-0.2, 0) is 0 Å². The fourth-order valence-electron chi connectivity index (χ4n) is 3.16. The lowest BCUT2D eigenvalue weighted by Gasteiger charge is -2.07. The van der Waals surface area contributed by atoms with Gasteiger partial charge in [0.25, 0.3) is 0 Å². The minimum Gasteiger partial charge on any atom is -0.207 e. The largest absolute Gasteiger partial charge is 0.207 e. The second kappa shape index (κ2) is 14.9. The molecule has 0 saturated heterocycles. The summed E-state index contributed by atoms with van der Waals surface area (Å²) in [6.45, 7) is 11.3. The molecule has 0 aliphatic carbocycles. The summed E-state index contributed by atoms with van der Waals surface area (Å²) in [5, 5.41) is 0. The molecule has 0 atom stereocenters. The molecule has 0 fully saturated rings. The quantitative estimate of drug-likeness (QED) is 0.135. The van der Waals surface area contributed by atoms with Crippen molar-refractivity contribution in [1.82, 2.24) is 0 Å². The number of benzene rings is 4. The molecule has 0 aromatic heterocycles. The van der Waals surface area contributed by atoms with Crippen molar-refractivity contribution in [2.45, 2.75) is 41.5 Å². The van der Waals surface area contributed by atoms with E-state index in [1.54, 1.807) is 26.0 Å². The number of rotatable bonds is 2. The predicted molar refractivity (Wildman–Crippen MR) is 136 cm³/mol. The molecule has 0 N–H and O–H groups in total. The lowest BCUT2D eigenvalue weighted by molar-refractivity contribution is 0.448. The second-order valence-electron chi connectivity index (χ2n) is 7.44. The Labute approximate surface area is 217 Å². The van der Waals surface area contributed by atoms with Gasteiger partial charge in [-0.15, -0.1) is 0 Å². The highest BCUT2D eigenvalue weighted by Crippen LogP contribution is 2.29. The van der Waals surface area contributed by atoms with Crippen LogP contribution in [0.1, 0.15) is 38.8 Å². The summed E-state index contributed by atoms with van der Waals surface area (Å²) >= 11 is 0. The first kappa shape index (κ1) is 32.3. The maximum atomic E-state index is 13.6. The Bertz CT molecular complexity index is 1360. The van der Waals surface area contributed by atoms with Crippen LogP contribution >= 0.6 is 0 Å². The Balaban J connectivity index is 0.000000336. The van der Waals surface area contributed by atoms with Gasteiger partial charge in [0, 0.05) is 28.3 Å². The molecule has 0 unspecified atom stereocenters. The lowest BCUT2D eigenvalue weighted by Crippen LogP contribution is -1.95. The van der Waals surface area contributed by atoms with Crippen molar-refractivity contribution in [2.75, 3.05) is 0 Å². The van der Waals surface area contributed by atoms with E-state index in [4.69, 9.17) is 0 Å². The Morgan fingerprint density at radius 2 is 0.816 bits per heavy atom. The standard InChI is InChI=1S/2C13H8F4.2C2H6/c1-7-2-3-9(11(15)4-7)10-5-8(14)6-12(16)13(10)17;1-7-2-3-8(11(15)6-7)9-4-5-10(14)13(17)12(9)16;2*1-2/h2*2-6H,1H3;2*1-2H3. The van der Waals surface area contributed by atoms with Crippen LogP contribution in [-0.4, -0.2) is 0 Å². The smallest absolute Gasteiger partial charge is 0.195 e. The number of hydrogen-bond acceptors (Lipinski definition) is 0. The van der Waals surface area contributed by atoms with Crippen LogP contribution in [0.5, 0.6) is 0 Å². The first-order valence-corrected chi connectivity index (χ1v) is 11.8. The summed E-state index contributed by atoms with van der Waals surface area (Å²) in [4.78, 5) is 0. The summed E-state index contributed by atoms with van der Waals surface area (Å²) in [5.41, 5.74) is 0.345. The van der Waals surface area contributed by atoms with Crippen LogP contribution < -0.4 is 0 Å². The van der Waals surface area contributed by atoms with Gasteiger partial charge in [0.05, 0.1) is 0 Å². The van der Waals surface area contributed by atoms with Crippen molar-refractivity contribution < 1.29 is 35.1 Å². The summed E-state index contributed by atoms with van der Waals surface area (Å²) in [6, 6.07) is 11.1. The van der Waals surface area contributed by atoms with Crippen LogP contribution in [0.15, 0.2) is 60.7 Å². The van der Waals surface area contributed by atoms with Crippen molar-refractivity contribution in [3.8, 4) is 22.3 Å². The predicted octanol–water partition coefficient (Wildman–Crippen LogP) is 10.5. The van der Waals surface area contributed by atoms with E-state index in [2.05, 4.69) is 0 Å². The van der Waals surface area contributed by atoms with Crippen molar-refractivity contribution >= 4 is 0 Å². The van der Waals surface area contributed by atoms with Gasteiger partial charge >= 0.3 is 0 Å². The molecule has 0 saturated carbocycles. The molecule has 0 amide bonds. The summed E-state index contributed by atoms with van der Waals surface area (Å²) in [6.07, 6.45) is 0. The number of hydrogen-bond donors (Lipinski definition) is 0. The molecule has 0 spiro atoms. The molecule has 0 nitrogen and oxygen atoms in total. The van der Waals surface area contributed by atoms with Crippen molar-refractivity contribution in [1.29, 1.82) is 0 Å². The molecule has 0 heterocycles. The van der Waals surface area contributed by atoms with E-state index < -0.39 is 52.1 Å². The van der Waals surface area contributed by atoms with E-state index in [-0.39, 0.29) is 16.7 Å². The molecule has 4 rings (SSSR count). The number of aryl methyl sites for hydroxylation is 2. The molecule has 4 aromatic rings. The molecule has 0 aliphatic heterocycles. The third-order valence-electron chi connectivity index (χ3n) is 4.86. The van der Waals surface area contributed by atoms with E-state index in [1.165, 1.54) is 24.3 Å². The van der Waals surface area contributed by atoms with Crippen molar-refractivity contribution in [3.05, 3.63) is 118 Å². The average molecular weight is 541 g/mol. The third-order valence-corrected chi connectivity index (χ3v) is 4.86. The SMILES string of the molecule is CC.CC.Cc1ccc(-c2cc(F)cc(F)c2F)c(F)c1.Cc1ccc(-c2ccc(F)c(F)c2F)c(F)c1. The van der Waals surface area contributed by atoms with E-state index in [0.717, 1.165) is 18.2 Å². The highest BCUT2D eigenvalue weighted by Gasteiger charge is 2.17. The van der Waals surface area contributed by atoms with Crippen LogP contribution in [0.25, 0.3) is 22.3 Å². The van der Waals surface area contributed by atoms with Crippen LogP contribution in [0.4, 0.5) is 35.1 Å². The maximum absolute atomic E-state index is 13.6. The van der Waals surface area contributed by atoms with Gasteiger partial charge in [-0.25, -0.2) is 35.1 Å². The molecule has 0 radical (unpaired) electrons. The maximum Gasteiger partial charge on any atom is 0.195 e. The molecule has 0 aliphatic rings. The third kappa shape index (κ3) is 7.91. The van der Waals surface area contributed by atoms with Crippen molar-refractivity contribution in [3.63, 3.8) is 0 Å². The summed E-state index contributed by atoms with van der Waals surface area (Å²) in [7, 11) is 0. The Morgan fingerprint density at radius 1 is 0.368 bits per heavy atom. The molecule has 8 heteroatoms. The highest BCUT2D eigenvalue weighted by atomic mass is 19.2. The molecule has 0 bridgehead atoms. The Morgan fingerprint density at radius 3 is 1.29 bits per heavy atom. The fourth-order valence-corrected chi connectivity index (χ4v) is 3.16. The van der Waals surface area contributed by atoms with Crippen LogP contribution in [0, 0.1) is 60.4 Å². The van der Waals surface area contributed by atoms with Gasteiger partial charge in [0.2, 0.25) is 0 Å². The zero-order valence-corrected chi connectivity index (χ0v) is 21.8. The van der Waals surface area contributed by atoms with Crippen molar-refractivity contribution in [2.24, 2.45) is 0 Å². The first-order chi connectivity index (χ1) is 18.0. The minimum absolute atomic E-state index is 0.0907. The van der Waals surface area contributed by atoms with Gasteiger partial charge in [-0.1, -0.05) is 52.0 Å². The Hall–Kier alpha value is -3.68. The zero-order valence-electron chi connectivity index (χ0n) is 21.8. The van der Waals surface area contributed by atoms with Gasteiger partial charge in [0.1, 0.15) is 17.5 Å². The molecular weight excluding hydrogens is 512 g/mol. The second-order valence-corrected chi connectivity index (χ2v) is 7.44. The molecule has 204 valence electrons. The van der Waals surface area contributed by atoms with Gasteiger partial charge < -0.3 is 0 Å². The lowest BCUT2D eigenvalue weighted by atomic mass is 10.0. The molecule has 38 heavy (non-hydrogen) atoms. The fraction of sp³-hybridized carbons (Fsp3) is 0.200. The normalized spacial score (nSPS) is 9.84. The van der Waals surface area contributed by atoms with Gasteiger partial charge in [-0.2, -0.15) is 0 Å². The first-order valence-electron chi connectivity index (χ1n) is 11.8.